The van der Waals surface area contributed by atoms with E-state index in [9.17, 15) is 4.79 Å². The number of carbonyl (C=O) groups excluding carboxylic acids is 1. The largest absolute Gasteiger partial charge is 0.334 e. The summed E-state index contributed by atoms with van der Waals surface area (Å²) in [7, 11) is 0. The molecule has 4 nitrogen and oxygen atoms in total. The maximum absolute atomic E-state index is 13.1. The fourth-order valence-electron chi connectivity index (χ4n) is 3.94. The first-order chi connectivity index (χ1) is 13.2. The van der Waals surface area contributed by atoms with Gasteiger partial charge in [0.05, 0.1) is 5.69 Å². The molecule has 1 unspecified atom stereocenters. The molecule has 4 heteroatoms. The molecular weight excluding hydrogens is 334 g/mol. The summed E-state index contributed by atoms with van der Waals surface area (Å²) >= 11 is 0. The molecule has 1 atom stereocenters. The van der Waals surface area contributed by atoms with E-state index in [1.165, 1.54) is 5.56 Å². The van der Waals surface area contributed by atoms with Gasteiger partial charge in [0.1, 0.15) is 0 Å². The van der Waals surface area contributed by atoms with Crippen molar-refractivity contribution in [3.8, 4) is 5.69 Å². The van der Waals surface area contributed by atoms with Gasteiger partial charge in [0, 0.05) is 18.3 Å². The van der Waals surface area contributed by atoms with Crippen LogP contribution in [0.5, 0.6) is 0 Å². The van der Waals surface area contributed by atoms with Crippen molar-refractivity contribution in [2.45, 2.75) is 38.6 Å². The summed E-state index contributed by atoms with van der Waals surface area (Å²) in [6.07, 6.45) is 4.17. The van der Waals surface area contributed by atoms with Crippen LogP contribution in [0.25, 0.3) is 5.69 Å². The molecule has 0 spiro atoms. The molecule has 1 aliphatic rings. The van der Waals surface area contributed by atoms with Gasteiger partial charge >= 0.3 is 0 Å². The van der Waals surface area contributed by atoms with Crippen molar-refractivity contribution in [1.82, 2.24) is 14.7 Å². The maximum Gasteiger partial charge on any atom is 0.274 e. The summed E-state index contributed by atoms with van der Waals surface area (Å²) < 4.78 is 1.85. The van der Waals surface area contributed by atoms with Crippen LogP contribution in [0.4, 0.5) is 0 Å². The lowest BCUT2D eigenvalue weighted by Gasteiger charge is -2.24. The van der Waals surface area contributed by atoms with Crippen LogP contribution in [-0.4, -0.2) is 33.2 Å². The van der Waals surface area contributed by atoms with E-state index in [0.29, 0.717) is 11.7 Å². The highest BCUT2D eigenvalue weighted by Gasteiger charge is 2.30. The highest BCUT2D eigenvalue weighted by Crippen LogP contribution is 2.24. The zero-order valence-electron chi connectivity index (χ0n) is 15.7. The van der Waals surface area contributed by atoms with E-state index >= 15 is 0 Å². The van der Waals surface area contributed by atoms with Gasteiger partial charge in [0.15, 0.2) is 5.69 Å². The molecule has 1 saturated heterocycles. The lowest BCUT2D eigenvalue weighted by Crippen LogP contribution is -2.36. The average molecular weight is 359 g/mol. The van der Waals surface area contributed by atoms with E-state index in [2.05, 4.69) is 29.4 Å². The molecular formula is C23H25N3O. The first kappa shape index (κ1) is 17.5. The minimum atomic E-state index is 0.0587. The maximum atomic E-state index is 13.1. The number of likely N-dealkylation sites (tertiary alicyclic amines) is 1. The second-order valence-electron chi connectivity index (χ2n) is 7.24. The van der Waals surface area contributed by atoms with E-state index in [0.717, 1.165) is 43.6 Å². The number of rotatable bonds is 5. The number of hydrogen-bond donors (Lipinski definition) is 0. The third-order valence-electron chi connectivity index (χ3n) is 5.35. The minimum absolute atomic E-state index is 0.0587. The Bertz CT molecular complexity index is 902. The molecule has 1 aliphatic heterocycles. The van der Waals surface area contributed by atoms with Crippen molar-refractivity contribution < 1.29 is 4.79 Å². The van der Waals surface area contributed by atoms with Gasteiger partial charge in [-0.25, -0.2) is 4.68 Å². The molecule has 138 valence electrons. The fraction of sp³-hybridized carbons (Fsp3) is 0.304. The van der Waals surface area contributed by atoms with Crippen LogP contribution in [0, 0.1) is 6.92 Å². The molecule has 1 amide bonds. The Kier molecular flexibility index (Phi) is 5.05. The zero-order chi connectivity index (χ0) is 18.6. The number of nitrogens with zero attached hydrogens (tertiary/aromatic N) is 3. The molecule has 4 rings (SSSR count). The molecule has 0 saturated carbocycles. The van der Waals surface area contributed by atoms with E-state index in [1.54, 1.807) is 0 Å². The summed E-state index contributed by atoms with van der Waals surface area (Å²) in [5, 5.41) is 4.60. The fourth-order valence-corrected chi connectivity index (χ4v) is 3.94. The van der Waals surface area contributed by atoms with E-state index in [-0.39, 0.29) is 5.91 Å². The first-order valence-corrected chi connectivity index (χ1v) is 9.69. The van der Waals surface area contributed by atoms with Crippen molar-refractivity contribution in [3.05, 3.63) is 83.7 Å². The third-order valence-corrected chi connectivity index (χ3v) is 5.35. The number of amides is 1. The van der Waals surface area contributed by atoms with Gasteiger partial charge in [0.2, 0.25) is 0 Å². The van der Waals surface area contributed by atoms with Crippen molar-refractivity contribution in [2.75, 3.05) is 6.54 Å². The van der Waals surface area contributed by atoms with E-state index in [1.807, 2.05) is 59.0 Å². The Morgan fingerprint density at radius 3 is 2.52 bits per heavy atom. The molecule has 0 bridgehead atoms. The Morgan fingerprint density at radius 1 is 1.07 bits per heavy atom. The highest BCUT2D eigenvalue weighted by atomic mass is 16.2. The Labute approximate surface area is 160 Å². The van der Waals surface area contributed by atoms with E-state index < -0.39 is 0 Å². The predicted octanol–water partition coefficient (Wildman–Crippen LogP) is 4.42. The Hall–Kier alpha value is -2.88. The van der Waals surface area contributed by atoms with Crippen LogP contribution >= 0.6 is 0 Å². The number of aromatic nitrogens is 2. The molecule has 1 fully saturated rings. The summed E-state index contributed by atoms with van der Waals surface area (Å²) in [5.74, 6) is 0.0587. The molecule has 0 N–H and O–H groups in total. The first-order valence-electron chi connectivity index (χ1n) is 9.69. The average Bonchev–Trinajstić information content (AvgIpc) is 3.34. The molecule has 27 heavy (non-hydrogen) atoms. The lowest BCUT2D eigenvalue weighted by molar-refractivity contribution is 0.0724. The van der Waals surface area contributed by atoms with Gasteiger partial charge in [-0.05, 0) is 56.4 Å². The molecule has 0 radical (unpaired) electrons. The normalized spacial score (nSPS) is 16.6. The van der Waals surface area contributed by atoms with Crippen LogP contribution < -0.4 is 0 Å². The standard InChI is InChI=1S/C23H25N3O/c1-18-17-22(24-26(18)21-11-6-3-7-12-21)23(27)25-16-8-13-20(25)15-14-19-9-4-2-5-10-19/h2-7,9-12,17,20H,8,13-16H2,1H3. The van der Waals surface area contributed by atoms with Crippen molar-refractivity contribution in [2.24, 2.45) is 0 Å². The van der Waals surface area contributed by atoms with Gasteiger partial charge in [0.25, 0.3) is 5.91 Å². The van der Waals surface area contributed by atoms with Gasteiger partial charge < -0.3 is 4.90 Å². The van der Waals surface area contributed by atoms with Crippen LogP contribution in [0.15, 0.2) is 66.7 Å². The molecule has 3 aromatic rings. The summed E-state index contributed by atoms with van der Waals surface area (Å²) in [5.41, 5.74) is 3.84. The van der Waals surface area contributed by atoms with Crippen LogP contribution in [0.2, 0.25) is 0 Å². The molecule has 2 aromatic carbocycles. The number of carbonyl (C=O) groups is 1. The van der Waals surface area contributed by atoms with Gasteiger partial charge in [-0.2, -0.15) is 5.10 Å². The zero-order valence-corrected chi connectivity index (χ0v) is 15.7. The number of benzene rings is 2. The Morgan fingerprint density at radius 2 is 1.78 bits per heavy atom. The predicted molar refractivity (Wildman–Crippen MR) is 107 cm³/mol. The highest BCUT2D eigenvalue weighted by molar-refractivity contribution is 5.93. The van der Waals surface area contributed by atoms with Crippen molar-refractivity contribution in [1.29, 1.82) is 0 Å². The third kappa shape index (κ3) is 3.80. The summed E-state index contributed by atoms with van der Waals surface area (Å²) in [4.78, 5) is 15.1. The second-order valence-corrected chi connectivity index (χ2v) is 7.24. The Balaban J connectivity index is 1.48. The monoisotopic (exact) mass is 359 g/mol. The van der Waals surface area contributed by atoms with Crippen molar-refractivity contribution >= 4 is 5.91 Å². The summed E-state index contributed by atoms with van der Waals surface area (Å²) in [6.45, 7) is 2.82. The molecule has 0 aliphatic carbocycles. The van der Waals surface area contributed by atoms with Gasteiger partial charge in [-0.1, -0.05) is 48.5 Å². The van der Waals surface area contributed by atoms with Gasteiger partial charge in [-0.3, -0.25) is 4.79 Å². The van der Waals surface area contributed by atoms with Crippen LogP contribution in [-0.2, 0) is 6.42 Å². The summed E-state index contributed by atoms with van der Waals surface area (Å²) in [6, 6.07) is 22.7. The molecule has 2 heterocycles. The van der Waals surface area contributed by atoms with Crippen LogP contribution in [0.3, 0.4) is 0 Å². The van der Waals surface area contributed by atoms with Crippen LogP contribution in [0.1, 0.15) is 41.0 Å². The van der Waals surface area contributed by atoms with E-state index in [4.69, 9.17) is 0 Å². The lowest BCUT2D eigenvalue weighted by atomic mass is 10.0. The number of hydrogen-bond acceptors (Lipinski definition) is 2. The SMILES string of the molecule is Cc1cc(C(=O)N2CCCC2CCc2ccccc2)nn1-c1ccccc1. The number of aryl methyl sites for hydroxylation is 2. The topological polar surface area (TPSA) is 38.1 Å². The minimum Gasteiger partial charge on any atom is -0.334 e. The van der Waals surface area contributed by atoms with Crippen molar-refractivity contribution in [3.63, 3.8) is 0 Å². The second kappa shape index (κ2) is 7.78. The molecule has 1 aromatic heterocycles. The number of para-hydroxylation sites is 1. The van der Waals surface area contributed by atoms with Gasteiger partial charge in [-0.15, -0.1) is 0 Å². The smallest absolute Gasteiger partial charge is 0.274 e. The quantitative estimate of drug-likeness (QED) is 0.676.